The SMILES string of the molecule is COc1ccc(NC(=O)NCCOc2cccc(C(C)(C)C)c2)cc1. The smallest absolute Gasteiger partial charge is 0.319 e. The summed E-state index contributed by atoms with van der Waals surface area (Å²) in [6.07, 6.45) is 0. The van der Waals surface area contributed by atoms with Crippen molar-refractivity contribution in [2.75, 3.05) is 25.6 Å². The molecule has 0 spiro atoms. The molecule has 0 bridgehead atoms. The Bertz CT molecular complexity index is 691. The van der Waals surface area contributed by atoms with Crippen molar-refractivity contribution in [2.45, 2.75) is 26.2 Å². The molecule has 5 nitrogen and oxygen atoms in total. The molecule has 5 heteroatoms. The Labute approximate surface area is 149 Å². The Morgan fingerprint density at radius 3 is 2.40 bits per heavy atom. The summed E-state index contributed by atoms with van der Waals surface area (Å²) in [4.78, 5) is 11.9. The molecule has 0 unspecified atom stereocenters. The first-order valence-electron chi connectivity index (χ1n) is 8.31. The van der Waals surface area contributed by atoms with Gasteiger partial charge in [0, 0.05) is 5.69 Å². The zero-order valence-corrected chi connectivity index (χ0v) is 15.3. The molecule has 0 aliphatic carbocycles. The number of hydrogen-bond donors (Lipinski definition) is 2. The molecule has 0 aliphatic heterocycles. The number of carbonyl (C=O) groups is 1. The number of urea groups is 1. The van der Waals surface area contributed by atoms with Crippen LogP contribution in [0.25, 0.3) is 0 Å². The van der Waals surface area contributed by atoms with E-state index in [0.29, 0.717) is 18.8 Å². The van der Waals surface area contributed by atoms with Gasteiger partial charge in [-0.25, -0.2) is 4.79 Å². The fourth-order valence-corrected chi connectivity index (χ4v) is 2.24. The Hall–Kier alpha value is -2.69. The van der Waals surface area contributed by atoms with Crippen molar-refractivity contribution in [3.8, 4) is 11.5 Å². The number of amides is 2. The van der Waals surface area contributed by atoms with Crippen molar-refractivity contribution >= 4 is 11.7 Å². The van der Waals surface area contributed by atoms with E-state index in [1.54, 1.807) is 31.4 Å². The predicted octanol–water partition coefficient (Wildman–Crippen LogP) is 4.19. The van der Waals surface area contributed by atoms with Gasteiger partial charge >= 0.3 is 6.03 Å². The summed E-state index contributed by atoms with van der Waals surface area (Å²) >= 11 is 0. The standard InChI is InChI=1S/C20H26N2O3/c1-20(2,3)15-6-5-7-18(14-15)25-13-12-21-19(23)22-16-8-10-17(24-4)11-9-16/h5-11,14H,12-13H2,1-4H3,(H2,21,22,23). The van der Waals surface area contributed by atoms with Crippen molar-refractivity contribution < 1.29 is 14.3 Å². The van der Waals surface area contributed by atoms with E-state index in [1.165, 1.54) is 5.56 Å². The largest absolute Gasteiger partial charge is 0.497 e. The quantitative estimate of drug-likeness (QED) is 0.774. The number of benzene rings is 2. The molecule has 0 fully saturated rings. The third kappa shape index (κ3) is 6.03. The Morgan fingerprint density at radius 1 is 1.04 bits per heavy atom. The van der Waals surface area contributed by atoms with E-state index in [4.69, 9.17) is 9.47 Å². The van der Waals surface area contributed by atoms with Crippen LogP contribution in [0.3, 0.4) is 0 Å². The number of methoxy groups -OCH3 is 1. The van der Waals surface area contributed by atoms with E-state index in [2.05, 4.69) is 37.5 Å². The van der Waals surface area contributed by atoms with E-state index in [-0.39, 0.29) is 11.4 Å². The van der Waals surface area contributed by atoms with Crippen molar-refractivity contribution in [1.82, 2.24) is 5.32 Å². The van der Waals surface area contributed by atoms with Gasteiger partial charge in [-0.15, -0.1) is 0 Å². The van der Waals surface area contributed by atoms with Crippen LogP contribution >= 0.6 is 0 Å². The molecule has 2 aromatic carbocycles. The number of rotatable bonds is 6. The fourth-order valence-electron chi connectivity index (χ4n) is 2.24. The highest BCUT2D eigenvalue weighted by Crippen LogP contribution is 2.25. The third-order valence-corrected chi connectivity index (χ3v) is 3.70. The average molecular weight is 342 g/mol. The molecule has 2 rings (SSSR count). The number of ether oxygens (including phenoxy) is 2. The third-order valence-electron chi connectivity index (χ3n) is 3.70. The normalized spacial score (nSPS) is 10.9. The molecule has 0 radical (unpaired) electrons. The van der Waals surface area contributed by atoms with Gasteiger partial charge in [0.25, 0.3) is 0 Å². The summed E-state index contributed by atoms with van der Waals surface area (Å²) in [6, 6.07) is 14.9. The number of hydrogen-bond acceptors (Lipinski definition) is 3. The van der Waals surface area contributed by atoms with Crippen LogP contribution in [-0.2, 0) is 5.41 Å². The molecule has 2 amide bonds. The predicted molar refractivity (Wildman–Crippen MR) is 101 cm³/mol. The first-order chi connectivity index (χ1) is 11.9. The van der Waals surface area contributed by atoms with Crippen LogP contribution in [0, 0.1) is 0 Å². The summed E-state index contributed by atoms with van der Waals surface area (Å²) in [5.74, 6) is 1.56. The van der Waals surface area contributed by atoms with Crippen LogP contribution in [0.1, 0.15) is 26.3 Å². The highest BCUT2D eigenvalue weighted by molar-refractivity contribution is 5.89. The zero-order chi connectivity index (χ0) is 18.3. The zero-order valence-electron chi connectivity index (χ0n) is 15.3. The van der Waals surface area contributed by atoms with E-state index in [9.17, 15) is 4.79 Å². The van der Waals surface area contributed by atoms with E-state index >= 15 is 0 Å². The molecule has 0 aliphatic rings. The van der Waals surface area contributed by atoms with Crippen LogP contribution in [0.2, 0.25) is 0 Å². The Balaban J connectivity index is 1.74. The average Bonchev–Trinajstić information content (AvgIpc) is 2.59. The lowest BCUT2D eigenvalue weighted by molar-refractivity contribution is 0.247. The first kappa shape index (κ1) is 18.6. The summed E-state index contributed by atoms with van der Waals surface area (Å²) in [6.45, 7) is 7.32. The molecule has 0 heterocycles. The maximum atomic E-state index is 11.9. The van der Waals surface area contributed by atoms with Crippen LogP contribution in [0.5, 0.6) is 11.5 Å². The monoisotopic (exact) mass is 342 g/mol. The summed E-state index contributed by atoms with van der Waals surface area (Å²) in [5.41, 5.74) is 2.00. The fraction of sp³-hybridized carbons (Fsp3) is 0.350. The van der Waals surface area contributed by atoms with Gasteiger partial charge in [-0.05, 0) is 47.4 Å². The molecular weight excluding hydrogens is 316 g/mol. The molecular formula is C20H26N2O3. The number of carbonyl (C=O) groups excluding carboxylic acids is 1. The molecule has 0 atom stereocenters. The Kier molecular flexibility index (Phi) is 6.28. The van der Waals surface area contributed by atoms with Crippen molar-refractivity contribution in [3.63, 3.8) is 0 Å². The van der Waals surface area contributed by atoms with Crippen molar-refractivity contribution in [2.24, 2.45) is 0 Å². The summed E-state index contributed by atoms with van der Waals surface area (Å²) < 4.78 is 10.8. The van der Waals surface area contributed by atoms with Crippen LogP contribution < -0.4 is 20.1 Å². The maximum absolute atomic E-state index is 11.9. The minimum absolute atomic E-state index is 0.0792. The van der Waals surface area contributed by atoms with Gasteiger partial charge in [0.2, 0.25) is 0 Å². The van der Waals surface area contributed by atoms with Gasteiger partial charge in [-0.3, -0.25) is 0 Å². The van der Waals surface area contributed by atoms with Gasteiger partial charge in [0.05, 0.1) is 13.7 Å². The van der Waals surface area contributed by atoms with Crippen LogP contribution in [0.4, 0.5) is 10.5 Å². The van der Waals surface area contributed by atoms with Gasteiger partial charge in [-0.2, -0.15) is 0 Å². The lowest BCUT2D eigenvalue weighted by Crippen LogP contribution is -2.32. The molecule has 134 valence electrons. The number of anilines is 1. The Morgan fingerprint density at radius 2 is 1.76 bits per heavy atom. The van der Waals surface area contributed by atoms with Crippen molar-refractivity contribution in [1.29, 1.82) is 0 Å². The second-order valence-corrected chi connectivity index (χ2v) is 6.74. The number of nitrogens with one attached hydrogen (secondary N) is 2. The minimum atomic E-state index is -0.266. The van der Waals surface area contributed by atoms with E-state index in [0.717, 1.165) is 11.5 Å². The van der Waals surface area contributed by atoms with E-state index < -0.39 is 0 Å². The lowest BCUT2D eigenvalue weighted by Gasteiger charge is -2.19. The highest BCUT2D eigenvalue weighted by Gasteiger charge is 2.13. The molecule has 2 N–H and O–H groups in total. The topological polar surface area (TPSA) is 59.6 Å². The first-order valence-corrected chi connectivity index (χ1v) is 8.31. The molecule has 2 aromatic rings. The lowest BCUT2D eigenvalue weighted by atomic mass is 9.87. The molecule has 0 aromatic heterocycles. The van der Waals surface area contributed by atoms with Crippen LogP contribution in [-0.4, -0.2) is 26.3 Å². The van der Waals surface area contributed by atoms with Gasteiger partial charge < -0.3 is 20.1 Å². The van der Waals surface area contributed by atoms with Crippen molar-refractivity contribution in [3.05, 3.63) is 54.1 Å². The molecule has 0 saturated carbocycles. The summed E-state index contributed by atoms with van der Waals surface area (Å²) in [5, 5.41) is 5.53. The maximum Gasteiger partial charge on any atom is 0.319 e. The molecule has 25 heavy (non-hydrogen) atoms. The van der Waals surface area contributed by atoms with Gasteiger partial charge in [-0.1, -0.05) is 32.9 Å². The van der Waals surface area contributed by atoms with E-state index in [1.807, 2.05) is 18.2 Å². The second-order valence-electron chi connectivity index (χ2n) is 6.74. The minimum Gasteiger partial charge on any atom is -0.497 e. The van der Waals surface area contributed by atoms with Gasteiger partial charge in [0.15, 0.2) is 0 Å². The second kappa shape index (κ2) is 8.42. The summed E-state index contributed by atoms with van der Waals surface area (Å²) in [7, 11) is 1.60. The van der Waals surface area contributed by atoms with Gasteiger partial charge in [0.1, 0.15) is 18.1 Å². The molecule has 0 saturated heterocycles. The highest BCUT2D eigenvalue weighted by atomic mass is 16.5. The van der Waals surface area contributed by atoms with Crippen LogP contribution in [0.15, 0.2) is 48.5 Å².